The van der Waals surface area contributed by atoms with E-state index < -0.39 is 11.9 Å². The number of carboxylic acid groups (broad SMARTS) is 1. The Balaban J connectivity index is 1.77. The summed E-state index contributed by atoms with van der Waals surface area (Å²) in [6, 6.07) is 6.04. The van der Waals surface area contributed by atoms with E-state index in [0.717, 1.165) is 31.4 Å². The van der Waals surface area contributed by atoms with Crippen LogP contribution in [-0.4, -0.2) is 17.0 Å². The van der Waals surface area contributed by atoms with Crippen molar-refractivity contribution in [1.82, 2.24) is 0 Å². The predicted octanol–water partition coefficient (Wildman–Crippen LogP) is 3.00. The van der Waals surface area contributed by atoms with Crippen LogP contribution in [0.4, 0.5) is 5.69 Å². The van der Waals surface area contributed by atoms with E-state index in [0.29, 0.717) is 12.8 Å². The largest absolute Gasteiger partial charge is 0.481 e. The van der Waals surface area contributed by atoms with Gasteiger partial charge in [0.15, 0.2) is 0 Å². The van der Waals surface area contributed by atoms with Crippen molar-refractivity contribution < 1.29 is 14.7 Å². The van der Waals surface area contributed by atoms with E-state index >= 15 is 0 Å². The number of fused-ring (bicyclic) bond motifs is 1. The van der Waals surface area contributed by atoms with Crippen molar-refractivity contribution >= 4 is 17.6 Å². The number of nitrogens with one attached hydrogen (secondary N) is 1. The fourth-order valence-corrected chi connectivity index (χ4v) is 3.69. The summed E-state index contributed by atoms with van der Waals surface area (Å²) in [5, 5.41) is 12.2. The molecule has 4 heteroatoms. The third kappa shape index (κ3) is 2.80. The van der Waals surface area contributed by atoms with E-state index in [4.69, 9.17) is 0 Å². The van der Waals surface area contributed by atoms with E-state index in [2.05, 4.69) is 11.4 Å². The van der Waals surface area contributed by atoms with Gasteiger partial charge in [0.05, 0.1) is 11.8 Å². The second-order valence-corrected chi connectivity index (χ2v) is 6.12. The van der Waals surface area contributed by atoms with Gasteiger partial charge in [-0.3, -0.25) is 9.59 Å². The van der Waals surface area contributed by atoms with Gasteiger partial charge in [0.1, 0.15) is 0 Å². The topological polar surface area (TPSA) is 66.4 Å². The van der Waals surface area contributed by atoms with Gasteiger partial charge in [-0.15, -0.1) is 0 Å². The van der Waals surface area contributed by atoms with Crippen LogP contribution >= 0.6 is 0 Å². The molecule has 1 amide bonds. The van der Waals surface area contributed by atoms with E-state index in [-0.39, 0.29) is 11.8 Å². The van der Waals surface area contributed by atoms with Crippen LogP contribution in [0.5, 0.6) is 0 Å². The zero-order valence-electron chi connectivity index (χ0n) is 12.1. The molecule has 21 heavy (non-hydrogen) atoms. The maximum Gasteiger partial charge on any atom is 0.307 e. The first kappa shape index (κ1) is 14.1. The van der Waals surface area contributed by atoms with E-state index in [1.54, 1.807) is 0 Å². The predicted molar refractivity (Wildman–Crippen MR) is 80.2 cm³/mol. The highest BCUT2D eigenvalue weighted by atomic mass is 16.4. The van der Waals surface area contributed by atoms with Crippen molar-refractivity contribution in [3.8, 4) is 0 Å². The van der Waals surface area contributed by atoms with Crippen molar-refractivity contribution in [3.05, 3.63) is 29.3 Å². The zero-order chi connectivity index (χ0) is 14.8. The Morgan fingerprint density at radius 2 is 1.81 bits per heavy atom. The van der Waals surface area contributed by atoms with Gasteiger partial charge >= 0.3 is 5.97 Å². The molecule has 0 aliphatic heterocycles. The molecule has 2 aliphatic carbocycles. The molecule has 1 fully saturated rings. The molecule has 2 unspecified atom stereocenters. The lowest BCUT2D eigenvalue weighted by Crippen LogP contribution is -2.30. The average molecular weight is 287 g/mol. The molecule has 1 saturated carbocycles. The molecule has 1 aromatic carbocycles. The monoisotopic (exact) mass is 287 g/mol. The summed E-state index contributed by atoms with van der Waals surface area (Å²) in [4.78, 5) is 23.7. The average Bonchev–Trinajstić information content (AvgIpc) is 2.97. The zero-order valence-corrected chi connectivity index (χ0v) is 12.1. The third-order valence-electron chi connectivity index (χ3n) is 4.82. The second-order valence-electron chi connectivity index (χ2n) is 6.12. The van der Waals surface area contributed by atoms with Gasteiger partial charge in [-0.2, -0.15) is 0 Å². The summed E-state index contributed by atoms with van der Waals surface area (Å²) in [5.74, 6) is -1.88. The number of anilines is 1. The normalized spacial score (nSPS) is 24.4. The number of carbonyl (C=O) groups excluding carboxylic acids is 1. The highest BCUT2D eigenvalue weighted by Gasteiger charge is 2.37. The minimum atomic E-state index is -0.845. The van der Waals surface area contributed by atoms with Crippen LogP contribution in [0.2, 0.25) is 0 Å². The molecule has 112 valence electrons. The van der Waals surface area contributed by atoms with Crippen LogP contribution in [0.15, 0.2) is 18.2 Å². The molecule has 1 aromatic rings. The Kier molecular flexibility index (Phi) is 3.95. The van der Waals surface area contributed by atoms with E-state index in [9.17, 15) is 14.7 Å². The number of aliphatic carboxylic acids is 1. The number of hydrogen-bond acceptors (Lipinski definition) is 2. The molecular weight excluding hydrogens is 266 g/mol. The van der Waals surface area contributed by atoms with Crippen molar-refractivity contribution in [3.63, 3.8) is 0 Å². The summed E-state index contributed by atoms with van der Waals surface area (Å²) < 4.78 is 0. The van der Waals surface area contributed by atoms with Crippen molar-refractivity contribution in [2.75, 3.05) is 5.32 Å². The van der Waals surface area contributed by atoms with E-state index in [1.807, 2.05) is 12.1 Å². The van der Waals surface area contributed by atoms with Gasteiger partial charge in [-0.05, 0) is 55.7 Å². The molecule has 3 rings (SSSR count). The number of hydrogen-bond donors (Lipinski definition) is 2. The standard InChI is InChI=1S/C17H21NO3/c19-16(13-8-4-9-14(13)17(20)21)18-15-10-3-6-11-5-1-2-7-12(11)15/h3,6,10,13-14H,1-2,4-5,7-9H2,(H,18,19)(H,20,21). The minimum absolute atomic E-state index is 0.126. The van der Waals surface area contributed by atoms with Gasteiger partial charge in [-0.25, -0.2) is 0 Å². The second kappa shape index (κ2) is 5.88. The molecule has 0 saturated heterocycles. The van der Waals surface area contributed by atoms with Gasteiger partial charge in [0.2, 0.25) is 5.91 Å². The lowest BCUT2D eigenvalue weighted by atomic mass is 9.90. The third-order valence-corrected chi connectivity index (χ3v) is 4.82. The quantitative estimate of drug-likeness (QED) is 0.898. The lowest BCUT2D eigenvalue weighted by Gasteiger charge is -2.21. The van der Waals surface area contributed by atoms with Crippen LogP contribution < -0.4 is 5.32 Å². The fourth-order valence-electron chi connectivity index (χ4n) is 3.69. The molecular formula is C17H21NO3. The molecule has 0 aromatic heterocycles. The van der Waals surface area contributed by atoms with Gasteiger partial charge in [0, 0.05) is 5.69 Å². The summed E-state index contributed by atoms with van der Waals surface area (Å²) >= 11 is 0. The molecule has 0 radical (unpaired) electrons. The minimum Gasteiger partial charge on any atom is -0.481 e. The SMILES string of the molecule is O=C(O)C1CCCC1C(=O)Nc1cccc2c1CCCC2. The van der Waals surface area contributed by atoms with Crippen LogP contribution in [0.25, 0.3) is 0 Å². The maximum absolute atomic E-state index is 12.4. The Bertz CT molecular complexity index is 567. The number of carbonyl (C=O) groups is 2. The Morgan fingerprint density at radius 1 is 1.05 bits per heavy atom. The van der Waals surface area contributed by atoms with Crippen LogP contribution in [-0.2, 0) is 22.4 Å². The Morgan fingerprint density at radius 3 is 2.62 bits per heavy atom. The summed E-state index contributed by atoms with van der Waals surface area (Å²) in [6.45, 7) is 0. The first-order valence-corrected chi connectivity index (χ1v) is 7.81. The van der Waals surface area contributed by atoms with Gasteiger partial charge < -0.3 is 10.4 Å². The Labute approximate surface area is 124 Å². The van der Waals surface area contributed by atoms with Gasteiger partial charge in [0.25, 0.3) is 0 Å². The number of rotatable bonds is 3. The number of carboxylic acids is 1. The first-order valence-electron chi connectivity index (χ1n) is 7.81. The molecule has 2 atom stereocenters. The fraction of sp³-hybridized carbons (Fsp3) is 0.529. The molecule has 4 nitrogen and oxygen atoms in total. The number of aryl methyl sites for hydroxylation is 1. The number of benzene rings is 1. The highest BCUT2D eigenvalue weighted by molar-refractivity contribution is 5.96. The first-order chi connectivity index (χ1) is 10.2. The van der Waals surface area contributed by atoms with Crippen molar-refractivity contribution in [1.29, 1.82) is 0 Å². The maximum atomic E-state index is 12.4. The lowest BCUT2D eigenvalue weighted by molar-refractivity contribution is -0.145. The van der Waals surface area contributed by atoms with Crippen LogP contribution in [0.1, 0.15) is 43.2 Å². The molecule has 0 bridgehead atoms. The number of amides is 1. The Hall–Kier alpha value is -1.84. The molecule has 2 aliphatic rings. The molecule has 0 heterocycles. The van der Waals surface area contributed by atoms with Crippen molar-refractivity contribution in [2.45, 2.75) is 44.9 Å². The summed E-state index contributed by atoms with van der Waals surface area (Å²) in [5.41, 5.74) is 3.44. The molecule has 2 N–H and O–H groups in total. The van der Waals surface area contributed by atoms with E-state index in [1.165, 1.54) is 17.5 Å². The van der Waals surface area contributed by atoms with Crippen LogP contribution in [0, 0.1) is 11.8 Å². The summed E-state index contributed by atoms with van der Waals surface area (Å²) in [7, 11) is 0. The molecule has 0 spiro atoms. The van der Waals surface area contributed by atoms with Crippen LogP contribution in [0.3, 0.4) is 0 Å². The van der Waals surface area contributed by atoms with Gasteiger partial charge in [-0.1, -0.05) is 18.6 Å². The smallest absolute Gasteiger partial charge is 0.307 e. The highest BCUT2D eigenvalue weighted by Crippen LogP contribution is 2.34. The summed E-state index contributed by atoms with van der Waals surface area (Å²) in [6.07, 6.45) is 6.54. The van der Waals surface area contributed by atoms with Crippen molar-refractivity contribution in [2.24, 2.45) is 11.8 Å².